The van der Waals surface area contributed by atoms with Crippen molar-refractivity contribution >= 4 is 16.8 Å². The Labute approximate surface area is 193 Å². The number of carbonyl (C=O) groups is 1. The predicted octanol–water partition coefficient (Wildman–Crippen LogP) is 2.85. The van der Waals surface area contributed by atoms with E-state index in [0.29, 0.717) is 29.7 Å². The number of aryl methyl sites for hydroxylation is 1. The fourth-order valence-corrected chi connectivity index (χ4v) is 4.72. The van der Waals surface area contributed by atoms with Gasteiger partial charge in [0.15, 0.2) is 6.61 Å². The van der Waals surface area contributed by atoms with E-state index in [4.69, 9.17) is 9.72 Å². The molecule has 0 spiro atoms. The van der Waals surface area contributed by atoms with Crippen molar-refractivity contribution in [3.05, 3.63) is 70.3 Å². The van der Waals surface area contributed by atoms with Gasteiger partial charge in [0, 0.05) is 45.7 Å². The molecular weight excluding hydrogens is 416 g/mol. The number of nitrogens with zero attached hydrogens (tertiary/aromatic N) is 4. The van der Waals surface area contributed by atoms with Crippen LogP contribution < -0.4 is 10.3 Å². The van der Waals surface area contributed by atoms with Gasteiger partial charge in [-0.15, -0.1) is 0 Å². The maximum atomic E-state index is 13.0. The molecule has 0 unspecified atom stereocenters. The quantitative estimate of drug-likeness (QED) is 0.603. The first-order chi connectivity index (χ1) is 16.2. The molecule has 2 aliphatic rings. The highest BCUT2D eigenvalue weighted by atomic mass is 16.5. The van der Waals surface area contributed by atoms with Crippen molar-refractivity contribution in [1.29, 1.82) is 0 Å². The molecule has 1 saturated heterocycles. The van der Waals surface area contributed by atoms with Gasteiger partial charge in [0.05, 0.1) is 10.9 Å². The second kappa shape index (κ2) is 9.75. The highest BCUT2D eigenvalue weighted by molar-refractivity contribution is 5.80. The molecule has 1 amide bonds. The molecule has 1 aromatic heterocycles. The van der Waals surface area contributed by atoms with Crippen LogP contribution in [0, 0.1) is 0 Å². The van der Waals surface area contributed by atoms with Crippen LogP contribution in [-0.2, 0) is 24.3 Å². The topological polar surface area (TPSA) is 67.7 Å². The monoisotopic (exact) mass is 446 g/mol. The summed E-state index contributed by atoms with van der Waals surface area (Å²) in [5.74, 6) is 1.39. The minimum Gasteiger partial charge on any atom is -0.484 e. The number of piperazine rings is 1. The van der Waals surface area contributed by atoms with E-state index in [9.17, 15) is 9.59 Å². The van der Waals surface area contributed by atoms with E-state index in [1.54, 1.807) is 16.7 Å². The van der Waals surface area contributed by atoms with Crippen molar-refractivity contribution in [3.63, 3.8) is 0 Å². The Hall–Kier alpha value is -3.19. The Morgan fingerprint density at radius 3 is 2.58 bits per heavy atom. The Kier molecular flexibility index (Phi) is 6.39. The smallest absolute Gasteiger partial charge is 0.261 e. The van der Waals surface area contributed by atoms with Crippen molar-refractivity contribution in [2.75, 3.05) is 32.8 Å². The fraction of sp³-hybridized carbons (Fsp3) is 0.423. The van der Waals surface area contributed by atoms with Crippen molar-refractivity contribution in [2.24, 2.45) is 0 Å². The van der Waals surface area contributed by atoms with E-state index in [1.165, 1.54) is 5.56 Å². The Bertz CT molecular complexity index is 1180. The highest BCUT2D eigenvalue weighted by Gasteiger charge is 2.21. The minimum absolute atomic E-state index is 0.0109. The zero-order valence-electron chi connectivity index (χ0n) is 18.9. The molecule has 3 heterocycles. The van der Waals surface area contributed by atoms with Crippen LogP contribution in [0.4, 0.5) is 0 Å². The lowest BCUT2D eigenvalue weighted by molar-refractivity contribution is -0.135. The number of carbonyl (C=O) groups excluding carboxylic acids is 1. The summed E-state index contributed by atoms with van der Waals surface area (Å²) in [7, 11) is 0. The molecule has 0 radical (unpaired) electrons. The Morgan fingerprint density at radius 2 is 1.76 bits per heavy atom. The third-order valence-electron chi connectivity index (χ3n) is 6.62. The first kappa shape index (κ1) is 21.6. The number of amides is 1. The van der Waals surface area contributed by atoms with Crippen LogP contribution in [0.15, 0.2) is 53.3 Å². The van der Waals surface area contributed by atoms with E-state index in [2.05, 4.69) is 29.2 Å². The average Bonchev–Trinajstić information content (AvgIpc) is 3.10. The summed E-state index contributed by atoms with van der Waals surface area (Å²) in [6, 6.07) is 15.8. The van der Waals surface area contributed by atoms with Crippen molar-refractivity contribution in [3.8, 4) is 5.75 Å². The van der Waals surface area contributed by atoms with Crippen LogP contribution in [0.5, 0.6) is 5.75 Å². The van der Waals surface area contributed by atoms with Gasteiger partial charge < -0.3 is 9.64 Å². The molecule has 0 N–H and O–H groups in total. The number of benzene rings is 2. The molecule has 2 aliphatic heterocycles. The Morgan fingerprint density at radius 1 is 0.939 bits per heavy atom. The zero-order chi connectivity index (χ0) is 22.6. The summed E-state index contributed by atoms with van der Waals surface area (Å²) in [5.41, 5.74) is 1.98. The third-order valence-corrected chi connectivity index (χ3v) is 6.62. The molecule has 0 bridgehead atoms. The normalized spacial score (nSPS) is 16.9. The Balaban J connectivity index is 1.19. The standard InChI is InChI=1S/C26H30N4O3/c31-25(29-15-13-28(14-16-29)18-20-7-3-1-4-8-20)19-33-21-10-11-23-22(17-21)26(32)30-12-6-2-5-9-24(30)27-23/h1,3-4,7-8,10-11,17H,2,5-6,9,12-16,18-19H2. The van der Waals surface area contributed by atoms with E-state index in [1.807, 2.05) is 17.0 Å². The van der Waals surface area contributed by atoms with E-state index in [0.717, 1.165) is 57.7 Å². The van der Waals surface area contributed by atoms with Crippen LogP contribution in [0.3, 0.4) is 0 Å². The summed E-state index contributed by atoms with van der Waals surface area (Å²) in [6.07, 6.45) is 4.04. The molecule has 2 aromatic carbocycles. The van der Waals surface area contributed by atoms with Gasteiger partial charge in [-0.25, -0.2) is 4.98 Å². The van der Waals surface area contributed by atoms with Crippen molar-refractivity contribution in [1.82, 2.24) is 19.4 Å². The summed E-state index contributed by atoms with van der Waals surface area (Å²) < 4.78 is 7.60. The molecule has 5 rings (SSSR count). The first-order valence-corrected chi connectivity index (χ1v) is 11.9. The van der Waals surface area contributed by atoms with Crippen molar-refractivity contribution < 1.29 is 9.53 Å². The van der Waals surface area contributed by atoms with Gasteiger partial charge in [-0.1, -0.05) is 36.8 Å². The van der Waals surface area contributed by atoms with Gasteiger partial charge >= 0.3 is 0 Å². The molecule has 0 saturated carbocycles. The van der Waals surface area contributed by atoms with Crippen LogP contribution in [0.25, 0.3) is 10.9 Å². The average molecular weight is 447 g/mol. The van der Waals surface area contributed by atoms with E-state index < -0.39 is 0 Å². The van der Waals surface area contributed by atoms with Crippen LogP contribution >= 0.6 is 0 Å². The summed E-state index contributed by atoms with van der Waals surface area (Å²) in [6.45, 7) is 4.70. The summed E-state index contributed by atoms with van der Waals surface area (Å²) >= 11 is 0. The van der Waals surface area contributed by atoms with Crippen molar-refractivity contribution in [2.45, 2.75) is 38.8 Å². The van der Waals surface area contributed by atoms with Gasteiger partial charge in [-0.3, -0.25) is 19.1 Å². The second-order valence-corrected chi connectivity index (χ2v) is 8.91. The third kappa shape index (κ3) is 4.93. The lowest BCUT2D eigenvalue weighted by Gasteiger charge is -2.34. The first-order valence-electron chi connectivity index (χ1n) is 11.9. The largest absolute Gasteiger partial charge is 0.484 e. The molecule has 172 valence electrons. The molecule has 7 heteroatoms. The SMILES string of the molecule is O=C(COc1ccc2nc3n(c(=O)c2c1)CCCCC3)N1CCN(Cc2ccccc2)CC1. The number of rotatable bonds is 5. The summed E-state index contributed by atoms with van der Waals surface area (Å²) in [4.78, 5) is 34.7. The van der Waals surface area contributed by atoms with E-state index in [-0.39, 0.29) is 18.1 Å². The zero-order valence-corrected chi connectivity index (χ0v) is 18.9. The maximum absolute atomic E-state index is 13.0. The number of fused-ring (bicyclic) bond motifs is 2. The number of aromatic nitrogens is 2. The minimum atomic E-state index is -0.0239. The van der Waals surface area contributed by atoms with Crippen LogP contribution in [0.2, 0.25) is 0 Å². The molecule has 0 aliphatic carbocycles. The van der Waals surface area contributed by atoms with Gasteiger partial charge in [0.1, 0.15) is 11.6 Å². The van der Waals surface area contributed by atoms with Gasteiger partial charge in [-0.05, 0) is 36.6 Å². The number of hydrogen-bond acceptors (Lipinski definition) is 5. The summed E-state index contributed by atoms with van der Waals surface area (Å²) in [5, 5.41) is 0.556. The molecule has 7 nitrogen and oxygen atoms in total. The number of ether oxygens (including phenoxy) is 1. The molecule has 1 fully saturated rings. The predicted molar refractivity (Wildman–Crippen MR) is 127 cm³/mol. The number of hydrogen-bond donors (Lipinski definition) is 0. The lowest BCUT2D eigenvalue weighted by Crippen LogP contribution is -2.49. The van der Waals surface area contributed by atoms with Gasteiger partial charge in [0.2, 0.25) is 0 Å². The van der Waals surface area contributed by atoms with Crippen LogP contribution in [0.1, 0.15) is 30.7 Å². The van der Waals surface area contributed by atoms with Gasteiger partial charge in [-0.2, -0.15) is 0 Å². The maximum Gasteiger partial charge on any atom is 0.261 e. The van der Waals surface area contributed by atoms with Crippen LogP contribution in [-0.4, -0.2) is 58.0 Å². The second-order valence-electron chi connectivity index (χ2n) is 8.91. The molecule has 33 heavy (non-hydrogen) atoms. The lowest BCUT2D eigenvalue weighted by atomic mass is 10.2. The molecular formula is C26H30N4O3. The van der Waals surface area contributed by atoms with Gasteiger partial charge in [0.25, 0.3) is 11.5 Å². The van der Waals surface area contributed by atoms with E-state index >= 15 is 0 Å². The molecule has 0 atom stereocenters. The fourth-order valence-electron chi connectivity index (χ4n) is 4.72. The molecule has 3 aromatic rings. The highest BCUT2D eigenvalue weighted by Crippen LogP contribution is 2.20.